The van der Waals surface area contributed by atoms with Gasteiger partial charge in [-0.15, -0.1) is 11.3 Å². The minimum Gasteiger partial charge on any atom is -0.374 e. The van der Waals surface area contributed by atoms with Crippen LogP contribution >= 0.6 is 11.3 Å². The van der Waals surface area contributed by atoms with Crippen LogP contribution in [0.4, 0.5) is 0 Å². The lowest BCUT2D eigenvalue weighted by molar-refractivity contribution is 0.0815. The fourth-order valence-corrected chi connectivity index (χ4v) is 2.44. The van der Waals surface area contributed by atoms with Crippen molar-refractivity contribution in [2.24, 2.45) is 5.73 Å². The molecule has 2 atom stereocenters. The molecule has 0 radical (unpaired) electrons. The zero-order valence-electron chi connectivity index (χ0n) is 8.41. The van der Waals surface area contributed by atoms with Crippen LogP contribution in [0.1, 0.15) is 29.9 Å². The number of rotatable bonds is 4. The molecular formula is C10H17NOS. The summed E-state index contributed by atoms with van der Waals surface area (Å²) in [6.07, 6.45) is 1.00. The Bertz CT molecular complexity index is 259. The molecule has 1 heterocycles. The molecule has 3 heteroatoms. The lowest BCUT2D eigenvalue weighted by Gasteiger charge is -2.20. The van der Waals surface area contributed by atoms with Gasteiger partial charge in [0.1, 0.15) is 6.10 Å². The number of methoxy groups -OCH3 is 1. The predicted molar refractivity (Wildman–Crippen MR) is 57.1 cm³/mol. The summed E-state index contributed by atoms with van der Waals surface area (Å²) in [6, 6.07) is 2.20. The number of thiophene rings is 1. The first-order valence-electron chi connectivity index (χ1n) is 4.53. The summed E-state index contributed by atoms with van der Waals surface area (Å²) in [5.74, 6) is 0. The quantitative estimate of drug-likeness (QED) is 0.808. The van der Waals surface area contributed by atoms with Crippen LogP contribution in [-0.2, 0) is 4.74 Å². The second kappa shape index (κ2) is 4.74. The number of aryl methyl sites for hydroxylation is 1. The van der Waals surface area contributed by atoms with E-state index in [2.05, 4.69) is 25.3 Å². The van der Waals surface area contributed by atoms with Crippen LogP contribution in [0.25, 0.3) is 0 Å². The number of hydrogen-bond donors (Lipinski definition) is 1. The summed E-state index contributed by atoms with van der Waals surface area (Å²) in [5, 5.41) is 2.08. The lowest BCUT2D eigenvalue weighted by Crippen LogP contribution is -2.28. The first kappa shape index (κ1) is 10.7. The molecule has 74 valence electrons. The Hall–Kier alpha value is -0.380. The van der Waals surface area contributed by atoms with Crippen molar-refractivity contribution in [2.75, 3.05) is 7.11 Å². The Morgan fingerprint density at radius 2 is 2.31 bits per heavy atom. The first-order valence-corrected chi connectivity index (χ1v) is 5.41. The molecule has 1 rings (SSSR count). The summed E-state index contributed by atoms with van der Waals surface area (Å²) in [4.78, 5) is 1.26. The van der Waals surface area contributed by atoms with E-state index in [1.807, 2.05) is 0 Å². The monoisotopic (exact) mass is 199 g/mol. The number of nitrogens with two attached hydrogens (primary N) is 1. The molecule has 0 aliphatic rings. The van der Waals surface area contributed by atoms with E-state index in [1.165, 1.54) is 10.4 Å². The SMILES string of the molecule is CCC(N)C(OC)c1sccc1C. The van der Waals surface area contributed by atoms with Gasteiger partial charge in [-0.2, -0.15) is 0 Å². The van der Waals surface area contributed by atoms with E-state index in [0.29, 0.717) is 0 Å². The van der Waals surface area contributed by atoms with Crippen LogP contribution in [0.2, 0.25) is 0 Å². The summed E-state index contributed by atoms with van der Waals surface area (Å²) < 4.78 is 5.41. The normalized spacial score (nSPS) is 15.7. The minimum atomic E-state index is 0.0602. The zero-order chi connectivity index (χ0) is 9.84. The Morgan fingerprint density at radius 1 is 1.62 bits per heavy atom. The fourth-order valence-electron chi connectivity index (χ4n) is 1.37. The predicted octanol–water partition coefficient (Wildman–Crippen LogP) is 2.48. The van der Waals surface area contributed by atoms with Crippen LogP contribution < -0.4 is 5.73 Å². The highest BCUT2D eigenvalue weighted by atomic mass is 32.1. The van der Waals surface area contributed by atoms with E-state index < -0.39 is 0 Å². The van der Waals surface area contributed by atoms with Crippen LogP contribution in [0.15, 0.2) is 11.4 Å². The van der Waals surface area contributed by atoms with Gasteiger partial charge in [0.25, 0.3) is 0 Å². The van der Waals surface area contributed by atoms with E-state index in [4.69, 9.17) is 10.5 Å². The van der Waals surface area contributed by atoms with Gasteiger partial charge < -0.3 is 10.5 Å². The highest BCUT2D eigenvalue weighted by Crippen LogP contribution is 2.28. The summed E-state index contributed by atoms with van der Waals surface area (Å²) in [6.45, 7) is 4.18. The van der Waals surface area contributed by atoms with Crippen LogP contribution in [0.3, 0.4) is 0 Å². The van der Waals surface area contributed by atoms with Gasteiger partial charge in [0.15, 0.2) is 0 Å². The second-order valence-electron chi connectivity index (χ2n) is 3.20. The van der Waals surface area contributed by atoms with Gasteiger partial charge in [0.2, 0.25) is 0 Å². The van der Waals surface area contributed by atoms with Crippen molar-refractivity contribution in [1.29, 1.82) is 0 Å². The van der Waals surface area contributed by atoms with Gasteiger partial charge in [-0.3, -0.25) is 0 Å². The Labute approximate surface area is 83.7 Å². The molecule has 2 unspecified atom stereocenters. The van der Waals surface area contributed by atoms with Gasteiger partial charge in [0.05, 0.1) is 0 Å². The molecule has 0 aliphatic carbocycles. The third-order valence-electron chi connectivity index (χ3n) is 2.27. The molecule has 0 bridgehead atoms. The molecule has 0 amide bonds. The standard InChI is InChI=1S/C10H17NOS/c1-4-8(11)9(12-3)10-7(2)5-6-13-10/h5-6,8-9H,4,11H2,1-3H3. The average Bonchev–Trinajstić information content (AvgIpc) is 2.53. The zero-order valence-corrected chi connectivity index (χ0v) is 9.23. The third-order valence-corrected chi connectivity index (χ3v) is 3.35. The van der Waals surface area contributed by atoms with Gasteiger partial charge in [-0.1, -0.05) is 6.92 Å². The molecule has 0 fully saturated rings. The molecule has 0 aromatic carbocycles. The van der Waals surface area contributed by atoms with Crippen LogP contribution in [0, 0.1) is 6.92 Å². The summed E-state index contributed by atoms with van der Waals surface area (Å²) in [5.41, 5.74) is 7.25. The van der Waals surface area contributed by atoms with Crippen molar-refractivity contribution in [3.05, 3.63) is 21.9 Å². The second-order valence-corrected chi connectivity index (χ2v) is 4.14. The minimum absolute atomic E-state index is 0.0602. The molecule has 0 saturated carbocycles. The van der Waals surface area contributed by atoms with Crippen LogP contribution in [-0.4, -0.2) is 13.2 Å². The van der Waals surface area contributed by atoms with E-state index in [1.54, 1.807) is 18.4 Å². The maximum absolute atomic E-state index is 5.97. The third kappa shape index (κ3) is 2.30. The summed E-state index contributed by atoms with van der Waals surface area (Å²) >= 11 is 1.72. The maximum atomic E-state index is 5.97. The van der Waals surface area contributed by atoms with Gasteiger partial charge >= 0.3 is 0 Å². The van der Waals surface area contributed by atoms with E-state index in [9.17, 15) is 0 Å². The molecular weight excluding hydrogens is 182 g/mol. The smallest absolute Gasteiger partial charge is 0.107 e. The molecule has 2 N–H and O–H groups in total. The maximum Gasteiger partial charge on any atom is 0.107 e. The van der Waals surface area contributed by atoms with Gasteiger partial charge in [0, 0.05) is 18.0 Å². The fraction of sp³-hybridized carbons (Fsp3) is 0.600. The van der Waals surface area contributed by atoms with E-state index in [0.717, 1.165) is 6.42 Å². The van der Waals surface area contributed by atoms with Crippen molar-refractivity contribution < 1.29 is 4.74 Å². The largest absolute Gasteiger partial charge is 0.374 e. The molecule has 0 saturated heterocycles. The van der Waals surface area contributed by atoms with E-state index in [-0.39, 0.29) is 12.1 Å². The number of hydrogen-bond acceptors (Lipinski definition) is 3. The molecule has 13 heavy (non-hydrogen) atoms. The Morgan fingerprint density at radius 3 is 2.69 bits per heavy atom. The molecule has 0 aliphatic heterocycles. The highest BCUT2D eigenvalue weighted by molar-refractivity contribution is 7.10. The van der Waals surface area contributed by atoms with Crippen molar-refractivity contribution in [2.45, 2.75) is 32.4 Å². The highest BCUT2D eigenvalue weighted by Gasteiger charge is 2.20. The van der Waals surface area contributed by atoms with Gasteiger partial charge in [-0.05, 0) is 30.4 Å². The van der Waals surface area contributed by atoms with E-state index >= 15 is 0 Å². The molecule has 2 nitrogen and oxygen atoms in total. The molecule has 1 aromatic heterocycles. The summed E-state index contributed by atoms with van der Waals surface area (Å²) in [7, 11) is 1.72. The Kier molecular flexibility index (Phi) is 3.90. The van der Waals surface area contributed by atoms with Gasteiger partial charge in [-0.25, -0.2) is 0 Å². The lowest BCUT2D eigenvalue weighted by atomic mass is 10.1. The molecule has 0 spiro atoms. The van der Waals surface area contributed by atoms with Crippen molar-refractivity contribution >= 4 is 11.3 Å². The Balaban J connectivity index is 2.84. The van der Waals surface area contributed by atoms with Crippen molar-refractivity contribution in [3.8, 4) is 0 Å². The molecule has 1 aromatic rings. The average molecular weight is 199 g/mol. The topological polar surface area (TPSA) is 35.2 Å². The van der Waals surface area contributed by atoms with Crippen molar-refractivity contribution in [3.63, 3.8) is 0 Å². The van der Waals surface area contributed by atoms with Crippen molar-refractivity contribution in [1.82, 2.24) is 0 Å². The van der Waals surface area contributed by atoms with Crippen LogP contribution in [0.5, 0.6) is 0 Å². The first-order chi connectivity index (χ1) is 6.20. The number of ether oxygens (including phenoxy) is 1.